The molecule has 0 saturated carbocycles. The van der Waals surface area contributed by atoms with Gasteiger partial charge in [-0.15, -0.1) is 11.3 Å². The minimum Gasteiger partial charge on any atom is -0.337 e. The van der Waals surface area contributed by atoms with E-state index in [0.29, 0.717) is 23.1 Å². The van der Waals surface area contributed by atoms with E-state index in [2.05, 4.69) is 10.00 Å². The van der Waals surface area contributed by atoms with Crippen molar-refractivity contribution in [1.29, 1.82) is 0 Å². The molecule has 5 nitrogen and oxygen atoms in total. The first kappa shape index (κ1) is 23.9. The average molecular weight is 489 g/mol. The van der Waals surface area contributed by atoms with Crippen LogP contribution in [0, 0.1) is 18.7 Å². The van der Waals surface area contributed by atoms with E-state index in [9.17, 15) is 9.18 Å². The Morgan fingerprint density at radius 1 is 1.27 bits per heavy atom. The Morgan fingerprint density at radius 2 is 2.00 bits per heavy atom. The van der Waals surface area contributed by atoms with Crippen molar-refractivity contribution in [3.63, 3.8) is 0 Å². The van der Waals surface area contributed by atoms with Gasteiger partial charge in [-0.1, -0.05) is 35.9 Å². The minimum absolute atomic E-state index is 0.00605. The lowest BCUT2D eigenvalue weighted by Crippen LogP contribution is -2.47. The van der Waals surface area contributed by atoms with Crippen LogP contribution in [0.25, 0.3) is 0 Å². The molecule has 0 N–H and O–H groups in total. The van der Waals surface area contributed by atoms with Gasteiger partial charge in [-0.25, -0.2) is 4.39 Å². The normalized spacial score (nSPS) is 16.2. The number of rotatable bonds is 7. The van der Waals surface area contributed by atoms with Crippen LogP contribution < -0.4 is 0 Å². The van der Waals surface area contributed by atoms with E-state index in [1.165, 1.54) is 17.4 Å². The molecule has 1 saturated heterocycles. The number of benzene rings is 1. The van der Waals surface area contributed by atoms with Crippen LogP contribution in [0.1, 0.15) is 39.3 Å². The quantitative estimate of drug-likeness (QED) is 0.460. The Labute approximate surface area is 203 Å². The summed E-state index contributed by atoms with van der Waals surface area (Å²) >= 11 is 7.88. The number of carbonyl (C=O) groups is 1. The molecule has 0 aliphatic carbocycles. The van der Waals surface area contributed by atoms with Crippen molar-refractivity contribution in [2.75, 3.05) is 20.1 Å². The van der Waals surface area contributed by atoms with Gasteiger partial charge in [0.1, 0.15) is 11.0 Å². The fraction of sp³-hybridized carbons (Fsp3) is 0.440. The van der Waals surface area contributed by atoms with Gasteiger partial charge < -0.3 is 4.90 Å². The summed E-state index contributed by atoms with van der Waals surface area (Å²) in [5.41, 5.74) is 2.70. The first-order valence-electron chi connectivity index (χ1n) is 11.3. The highest BCUT2D eigenvalue weighted by atomic mass is 35.5. The third-order valence-electron chi connectivity index (χ3n) is 6.76. The van der Waals surface area contributed by atoms with Crippen LogP contribution >= 0.6 is 22.9 Å². The summed E-state index contributed by atoms with van der Waals surface area (Å²) in [6, 6.07) is 10.6. The number of aromatic nitrogens is 2. The zero-order valence-corrected chi connectivity index (χ0v) is 20.9. The zero-order valence-electron chi connectivity index (χ0n) is 19.3. The molecule has 2 aromatic heterocycles. The van der Waals surface area contributed by atoms with Crippen molar-refractivity contribution in [2.45, 2.75) is 38.8 Å². The molecule has 1 aromatic carbocycles. The number of nitrogens with zero attached hydrogens (tertiary/aromatic N) is 4. The van der Waals surface area contributed by atoms with Crippen molar-refractivity contribution in [3.05, 3.63) is 74.4 Å². The van der Waals surface area contributed by atoms with Crippen LogP contribution in [0.2, 0.25) is 5.15 Å². The number of likely N-dealkylation sites (tertiary alicyclic amines) is 1. The number of aryl methyl sites for hydroxylation is 2. The molecular formula is C25H30ClFN4OS. The van der Waals surface area contributed by atoms with Crippen LogP contribution in [0.5, 0.6) is 0 Å². The molecule has 0 spiro atoms. The van der Waals surface area contributed by atoms with Crippen molar-refractivity contribution in [3.8, 4) is 0 Å². The minimum atomic E-state index is -0.210. The fourth-order valence-corrected chi connectivity index (χ4v) is 5.75. The van der Waals surface area contributed by atoms with Crippen molar-refractivity contribution in [1.82, 2.24) is 19.6 Å². The average Bonchev–Trinajstić information content (AvgIpc) is 3.43. The van der Waals surface area contributed by atoms with Gasteiger partial charge in [-0.2, -0.15) is 5.10 Å². The molecule has 33 heavy (non-hydrogen) atoms. The first-order valence-corrected chi connectivity index (χ1v) is 12.5. The van der Waals surface area contributed by atoms with Gasteiger partial charge in [-0.05, 0) is 68.3 Å². The Morgan fingerprint density at radius 3 is 2.61 bits per heavy atom. The van der Waals surface area contributed by atoms with Crippen LogP contribution in [-0.2, 0) is 20.0 Å². The van der Waals surface area contributed by atoms with E-state index in [4.69, 9.17) is 11.6 Å². The molecule has 0 bridgehead atoms. The molecule has 1 amide bonds. The third-order valence-corrected chi connectivity index (χ3v) is 8.10. The van der Waals surface area contributed by atoms with Gasteiger partial charge in [-0.3, -0.25) is 14.4 Å². The summed E-state index contributed by atoms with van der Waals surface area (Å²) in [5.74, 6) is 0.0883. The van der Waals surface area contributed by atoms with E-state index < -0.39 is 0 Å². The maximum atomic E-state index is 14.5. The fourth-order valence-electron chi connectivity index (χ4n) is 4.81. The predicted molar refractivity (Wildman–Crippen MR) is 131 cm³/mol. The molecule has 4 rings (SSSR count). The second-order valence-electron chi connectivity index (χ2n) is 8.85. The summed E-state index contributed by atoms with van der Waals surface area (Å²) in [5, 5.41) is 7.02. The molecule has 0 unspecified atom stereocenters. The van der Waals surface area contributed by atoms with E-state index >= 15 is 0 Å². The number of hydrogen-bond donors (Lipinski definition) is 0. The molecule has 176 valence electrons. The first-order chi connectivity index (χ1) is 15.8. The predicted octanol–water partition coefficient (Wildman–Crippen LogP) is 5.18. The Hall–Kier alpha value is -2.22. The second kappa shape index (κ2) is 10.4. The van der Waals surface area contributed by atoms with Crippen molar-refractivity contribution >= 4 is 28.8 Å². The maximum Gasteiger partial charge on any atom is 0.263 e. The van der Waals surface area contributed by atoms with Gasteiger partial charge in [0.05, 0.1) is 10.6 Å². The van der Waals surface area contributed by atoms with Gasteiger partial charge in [0.2, 0.25) is 0 Å². The second-order valence-corrected chi connectivity index (χ2v) is 10.2. The lowest BCUT2D eigenvalue weighted by atomic mass is 9.84. The topological polar surface area (TPSA) is 41.4 Å². The monoisotopic (exact) mass is 488 g/mol. The number of likely N-dealkylation sites (N-methyl/N-ethyl adjacent to an activating group) is 1. The van der Waals surface area contributed by atoms with Gasteiger partial charge in [0.25, 0.3) is 5.91 Å². The number of halogens is 2. The molecule has 8 heteroatoms. The van der Waals surface area contributed by atoms with Crippen LogP contribution in [0.3, 0.4) is 0 Å². The van der Waals surface area contributed by atoms with Crippen molar-refractivity contribution < 1.29 is 9.18 Å². The summed E-state index contributed by atoms with van der Waals surface area (Å²) < 4.78 is 16.2. The highest BCUT2D eigenvalue weighted by Crippen LogP contribution is 2.30. The Balaban J connectivity index is 1.49. The van der Waals surface area contributed by atoms with Crippen LogP contribution in [-0.4, -0.2) is 51.7 Å². The molecule has 1 aliphatic rings. The highest BCUT2D eigenvalue weighted by molar-refractivity contribution is 7.12. The maximum absolute atomic E-state index is 14.5. The highest BCUT2D eigenvalue weighted by Gasteiger charge is 2.33. The molecule has 3 aromatic rings. The Kier molecular flexibility index (Phi) is 7.51. The molecule has 0 radical (unpaired) electrons. The summed E-state index contributed by atoms with van der Waals surface area (Å²) in [7, 11) is 3.72. The summed E-state index contributed by atoms with van der Waals surface area (Å²) in [4.78, 5) is 18.1. The van der Waals surface area contributed by atoms with E-state index in [0.717, 1.165) is 48.6 Å². The zero-order chi connectivity index (χ0) is 23.5. The van der Waals surface area contributed by atoms with Gasteiger partial charge in [0.15, 0.2) is 0 Å². The molecule has 3 heterocycles. The number of thiophene rings is 1. The molecule has 1 aliphatic heterocycles. The lowest BCUT2D eigenvalue weighted by Gasteiger charge is -2.40. The Bertz CT molecular complexity index is 1090. The van der Waals surface area contributed by atoms with Gasteiger partial charge in [0, 0.05) is 32.2 Å². The third kappa shape index (κ3) is 5.31. The van der Waals surface area contributed by atoms with Crippen LogP contribution in [0.15, 0.2) is 41.8 Å². The van der Waals surface area contributed by atoms with E-state index in [1.807, 2.05) is 55.6 Å². The van der Waals surface area contributed by atoms with Gasteiger partial charge >= 0.3 is 0 Å². The summed E-state index contributed by atoms with van der Waals surface area (Å²) in [6.45, 7) is 4.57. The number of piperidine rings is 1. The molecular weight excluding hydrogens is 459 g/mol. The SMILES string of the molecule is Cc1nn(C)c(Cl)c1CN1CCC([C@H](Cc2ccccc2F)N(C)C(=O)c2cccs2)CC1. The smallest absolute Gasteiger partial charge is 0.263 e. The van der Waals surface area contributed by atoms with Crippen molar-refractivity contribution in [2.24, 2.45) is 13.0 Å². The molecule has 1 fully saturated rings. The largest absolute Gasteiger partial charge is 0.337 e. The van der Waals surface area contributed by atoms with E-state index in [1.54, 1.807) is 10.7 Å². The number of hydrogen-bond acceptors (Lipinski definition) is 4. The standard InChI is InChI=1S/C25H30ClFN4OS/c1-17-20(24(26)30(3)28-17)16-31-12-10-18(11-13-31)22(15-19-7-4-5-8-21(19)27)29(2)25(32)23-9-6-14-33-23/h4-9,14,18,22H,10-13,15-16H2,1-3H3/t22-/m0/s1. The molecule has 1 atom stereocenters. The van der Waals surface area contributed by atoms with E-state index in [-0.39, 0.29) is 17.8 Å². The number of amides is 1. The lowest BCUT2D eigenvalue weighted by molar-refractivity contribution is 0.0587. The summed E-state index contributed by atoms with van der Waals surface area (Å²) in [6.07, 6.45) is 2.40. The number of carbonyl (C=O) groups excluding carboxylic acids is 1. The van der Waals surface area contributed by atoms with Crippen LogP contribution in [0.4, 0.5) is 4.39 Å².